The maximum atomic E-state index is 12.0. The van der Waals surface area contributed by atoms with Gasteiger partial charge in [-0.2, -0.15) is 0 Å². The van der Waals surface area contributed by atoms with Gasteiger partial charge in [-0.05, 0) is 19.0 Å². The second-order valence-corrected chi connectivity index (χ2v) is 4.01. The first kappa shape index (κ1) is 12.2. The summed E-state index contributed by atoms with van der Waals surface area (Å²) in [5.74, 6) is 1.64. The van der Waals surface area contributed by atoms with Crippen LogP contribution in [0.3, 0.4) is 0 Å². The van der Waals surface area contributed by atoms with Crippen LogP contribution in [0.25, 0.3) is 0 Å². The summed E-state index contributed by atoms with van der Waals surface area (Å²) in [5.41, 5.74) is 1.07. The monoisotopic (exact) mass is 239 g/mol. The van der Waals surface area contributed by atoms with Gasteiger partial charge in [0.15, 0.2) is 11.5 Å². The van der Waals surface area contributed by atoms with Gasteiger partial charge in [0.2, 0.25) is 0 Å². The Bertz CT molecular complexity index is 357. The van der Waals surface area contributed by atoms with Crippen LogP contribution in [0.15, 0.2) is 18.2 Å². The van der Waals surface area contributed by atoms with Crippen LogP contribution in [0.1, 0.15) is 18.4 Å². The van der Waals surface area contributed by atoms with Crippen LogP contribution < -0.4 is 14.8 Å². The first-order valence-corrected chi connectivity index (χ1v) is 6.06. The van der Waals surface area contributed by atoms with Crippen molar-refractivity contribution in [1.82, 2.24) is 5.32 Å². The van der Waals surface area contributed by atoms with Gasteiger partial charge in [0.1, 0.15) is 0 Å². The number of para-hydroxylation sites is 1. The highest BCUT2D eigenvalue weighted by Gasteiger charge is 2.13. The molecule has 0 saturated heterocycles. The summed E-state index contributed by atoms with van der Waals surface area (Å²) in [6.45, 7) is 2.48. The Morgan fingerprint density at radius 3 is 3.00 bits per heavy atom. The molecule has 0 aromatic heterocycles. The number of hydrogen-bond acceptors (Lipinski definition) is 3. The van der Waals surface area contributed by atoms with Crippen LogP contribution in [0.5, 0.6) is 11.5 Å². The van der Waals surface area contributed by atoms with Crippen molar-refractivity contribution < 1.29 is 13.9 Å². The number of nitrogens with one attached hydrogen (secondary N) is 1. The molecular weight excluding hydrogens is 221 g/mol. The Balaban J connectivity index is 2.01. The molecule has 1 aromatic carbocycles. The molecule has 1 aliphatic heterocycles. The van der Waals surface area contributed by atoms with E-state index in [1.165, 1.54) is 0 Å². The van der Waals surface area contributed by atoms with Gasteiger partial charge in [-0.3, -0.25) is 4.39 Å². The smallest absolute Gasteiger partial charge is 0.165 e. The molecule has 0 unspecified atom stereocenters. The van der Waals surface area contributed by atoms with Crippen LogP contribution in [0, 0.1) is 0 Å². The van der Waals surface area contributed by atoms with Gasteiger partial charge in [-0.15, -0.1) is 0 Å². The van der Waals surface area contributed by atoms with Gasteiger partial charge in [0, 0.05) is 18.5 Å². The zero-order chi connectivity index (χ0) is 11.9. The third-order valence-corrected chi connectivity index (χ3v) is 2.66. The fraction of sp³-hybridized carbons (Fsp3) is 0.538. The Morgan fingerprint density at radius 1 is 1.24 bits per heavy atom. The molecule has 0 bridgehead atoms. The van der Waals surface area contributed by atoms with E-state index in [0.717, 1.165) is 23.5 Å². The summed E-state index contributed by atoms with van der Waals surface area (Å²) >= 11 is 0. The van der Waals surface area contributed by atoms with Crippen LogP contribution in [-0.2, 0) is 6.54 Å². The van der Waals surface area contributed by atoms with E-state index >= 15 is 0 Å². The third-order valence-electron chi connectivity index (χ3n) is 2.66. The van der Waals surface area contributed by atoms with Crippen molar-refractivity contribution in [3.05, 3.63) is 23.8 Å². The summed E-state index contributed by atoms with van der Waals surface area (Å²) < 4.78 is 23.3. The van der Waals surface area contributed by atoms with Gasteiger partial charge in [0.25, 0.3) is 0 Å². The lowest BCUT2D eigenvalue weighted by molar-refractivity contribution is 0.296. The van der Waals surface area contributed by atoms with Gasteiger partial charge < -0.3 is 14.8 Å². The van der Waals surface area contributed by atoms with Gasteiger partial charge >= 0.3 is 0 Å². The molecule has 1 N–H and O–H groups in total. The largest absolute Gasteiger partial charge is 0.490 e. The van der Waals surface area contributed by atoms with Gasteiger partial charge in [-0.25, -0.2) is 0 Å². The van der Waals surface area contributed by atoms with Crippen molar-refractivity contribution >= 4 is 0 Å². The van der Waals surface area contributed by atoms with E-state index in [0.29, 0.717) is 32.7 Å². The number of benzene rings is 1. The fourth-order valence-corrected chi connectivity index (χ4v) is 1.81. The van der Waals surface area contributed by atoms with E-state index in [1.54, 1.807) is 0 Å². The number of hydrogen-bond donors (Lipinski definition) is 1. The molecule has 0 radical (unpaired) electrons. The number of halogens is 1. The summed E-state index contributed by atoms with van der Waals surface area (Å²) in [6, 6.07) is 5.89. The highest BCUT2D eigenvalue weighted by molar-refractivity contribution is 5.46. The molecular formula is C13H18FNO2. The number of alkyl halides is 1. The maximum Gasteiger partial charge on any atom is 0.165 e. The number of fused-ring (bicyclic) bond motifs is 1. The minimum Gasteiger partial charge on any atom is -0.490 e. The second kappa shape index (κ2) is 6.45. The zero-order valence-electron chi connectivity index (χ0n) is 9.88. The molecule has 0 amide bonds. The molecule has 1 aromatic rings. The molecule has 0 saturated carbocycles. The molecule has 0 aliphatic carbocycles. The Hall–Kier alpha value is -1.29. The van der Waals surface area contributed by atoms with Gasteiger partial charge in [0.05, 0.1) is 19.9 Å². The average molecular weight is 239 g/mol. The van der Waals surface area contributed by atoms with E-state index < -0.39 is 0 Å². The Kier molecular flexibility index (Phi) is 4.62. The standard InChI is InChI=1S/C13H18FNO2/c14-6-2-7-15-10-11-4-1-5-12-13(11)17-9-3-8-16-12/h1,4-5,15H,2-3,6-10H2. The molecule has 1 aliphatic rings. The molecule has 0 atom stereocenters. The predicted octanol–water partition coefficient (Wildman–Crippen LogP) is 2.30. The molecule has 0 spiro atoms. The molecule has 17 heavy (non-hydrogen) atoms. The van der Waals surface area contributed by atoms with Crippen LogP contribution in [-0.4, -0.2) is 26.4 Å². The SMILES string of the molecule is FCCCNCc1cccc2c1OCCCO2. The van der Waals surface area contributed by atoms with Crippen molar-refractivity contribution in [2.24, 2.45) is 0 Å². The van der Waals surface area contributed by atoms with E-state index in [9.17, 15) is 4.39 Å². The van der Waals surface area contributed by atoms with Crippen molar-refractivity contribution in [1.29, 1.82) is 0 Å². The van der Waals surface area contributed by atoms with E-state index in [2.05, 4.69) is 5.32 Å². The normalized spacial score (nSPS) is 14.4. The zero-order valence-corrected chi connectivity index (χ0v) is 9.88. The topological polar surface area (TPSA) is 30.5 Å². The number of rotatable bonds is 5. The first-order valence-electron chi connectivity index (χ1n) is 6.06. The van der Waals surface area contributed by atoms with Crippen LogP contribution in [0.2, 0.25) is 0 Å². The third kappa shape index (κ3) is 3.33. The molecule has 4 heteroatoms. The Labute approximate surface area is 101 Å². The maximum absolute atomic E-state index is 12.0. The van der Waals surface area contributed by atoms with Crippen LogP contribution >= 0.6 is 0 Å². The lowest BCUT2D eigenvalue weighted by Gasteiger charge is -2.12. The molecule has 1 heterocycles. The average Bonchev–Trinajstić information content (AvgIpc) is 2.60. The lowest BCUT2D eigenvalue weighted by Crippen LogP contribution is -2.16. The second-order valence-electron chi connectivity index (χ2n) is 4.01. The fourth-order valence-electron chi connectivity index (χ4n) is 1.81. The van der Waals surface area contributed by atoms with E-state index in [-0.39, 0.29) is 6.67 Å². The summed E-state index contributed by atoms with van der Waals surface area (Å²) in [4.78, 5) is 0. The highest BCUT2D eigenvalue weighted by atomic mass is 19.1. The summed E-state index contributed by atoms with van der Waals surface area (Å²) in [6.07, 6.45) is 1.45. The number of ether oxygens (including phenoxy) is 2. The van der Waals surface area contributed by atoms with Crippen molar-refractivity contribution in [3.8, 4) is 11.5 Å². The highest BCUT2D eigenvalue weighted by Crippen LogP contribution is 2.32. The quantitative estimate of drug-likeness (QED) is 0.800. The summed E-state index contributed by atoms with van der Waals surface area (Å²) in [5, 5.41) is 3.20. The minimum atomic E-state index is -0.278. The van der Waals surface area contributed by atoms with E-state index in [1.807, 2.05) is 18.2 Å². The lowest BCUT2D eigenvalue weighted by atomic mass is 10.2. The first-order chi connectivity index (χ1) is 8.42. The molecule has 2 rings (SSSR count). The summed E-state index contributed by atoms with van der Waals surface area (Å²) in [7, 11) is 0. The predicted molar refractivity (Wildman–Crippen MR) is 64.3 cm³/mol. The van der Waals surface area contributed by atoms with Crippen molar-refractivity contribution in [2.75, 3.05) is 26.4 Å². The van der Waals surface area contributed by atoms with Crippen molar-refractivity contribution in [2.45, 2.75) is 19.4 Å². The molecule has 3 nitrogen and oxygen atoms in total. The molecule has 94 valence electrons. The minimum absolute atomic E-state index is 0.278. The Morgan fingerprint density at radius 2 is 2.12 bits per heavy atom. The van der Waals surface area contributed by atoms with Crippen molar-refractivity contribution in [3.63, 3.8) is 0 Å². The van der Waals surface area contributed by atoms with E-state index in [4.69, 9.17) is 9.47 Å². The molecule has 0 fully saturated rings. The van der Waals surface area contributed by atoms with Gasteiger partial charge in [-0.1, -0.05) is 12.1 Å². The van der Waals surface area contributed by atoms with Crippen LogP contribution in [0.4, 0.5) is 4.39 Å².